The van der Waals surface area contributed by atoms with Crippen LogP contribution in [-0.2, 0) is 9.47 Å². The summed E-state index contributed by atoms with van der Waals surface area (Å²) in [5, 5.41) is 10.5. The highest BCUT2D eigenvalue weighted by Gasteiger charge is 2.55. The molecule has 0 bridgehead atoms. The van der Waals surface area contributed by atoms with Crippen molar-refractivity contribution < 1.29 is 24.3 Å². The number of hydrogen-bond acceptors (Lipinski definition) is 5. The van der Waals surface area contributed by atoms with E-state index in [4.69, 9.17) is 9.47 Å². The van der Waals surface area contributed by atoms with Gasteiger partial charge in [0.2, 0.25) is 6.23 Å². The fourth-order valence-electron chi connectivity index (χ4n) is 2.73. The van der Waals surface area contributed by atoms with Crippen molar-refractivity contribution >= 4 is 12.2 Å². The highest BCUT2D eigenvalue weighted by atomic mass is 16.8. The Kier molecular flexibility index (Phi) is 3.58. The largest absolute Gasteiger partial charge is 0.510 e. The van der Waals surface area contributed by atoms with E-state index >= 15 is 0 Å². The average Bonchev–Trinajstić information content (AvgIpc) is 2.25. The smallest absolute Gasteiger partial charge is 0.429 e. The van der Waals surface area contributed by atoms with Crippen LogP contribution >= 0.6 is 0 Å². The average molecular weight is 286 g/mol. The lowest BCUT2D eigenvalue weighted by Gasteiger charge is -2.53. The minimum absolute atomic E-state index is 0.395. The lowest BCUT2D eigenvalue weighted by atomic mass is 9.66. The summed E-state index contributed by atoms with van der Waals surface area (Å²) in [4.78, 5) is 25.0. The molecule has 1 atom stereocenters. The summed E-state index contributed by atoms with van der Waals surface area (Å²) in [6.45, 7) is 5.65. The molecule has 2 rings (SSSR count). The number of nitrogens with zero attached hydrogens (tertiary/aromatic N) is 2. The predicted molar refractivity (Wildman–Crippen MR) is 69.0 cm³/mol. The molecule has 0 radical (unpaired) electrons. The molecule has 1 spiro atoms. The van der Waals surface area contributed by atoms with Crippen molar-refractivity contribution in [3.05, 3.63) is 0 Å². The summed E-state index contributed by atoms with van der Waals surface area (Å²) in [5.41, 5.74) is -1.08. The van der Waals surface area contributed by atoms with Crippen LogP contribution in [0.4, 0.5) is 9.59 Å². The van der Waals surface area contributed by atoms with E-state index in [-0.39, 0.29) is 0 Å². The maximum absolute atomic E-state index is 11.8. The van der Waals surface area contributed by atoms with Gasteiger partial charge in [0.15, 0.2) is 0 Å². The van der Waals surface area contributed by atoms with E-state index in [2.05, 4.69) is 0 Å². The highest BCUT2D eigenvalue weighted by Crippen LogP contribution is 2.48. The first-order valence-electron chi connectivity index (χ1n) is 6.77. The standard InChI is InChI=1S/C13H22N2O5/c1-12(2,3)20-11(17)19-9-13(6-5-7-13)8-14(4)10(16)15(9)18/h9,18H,5-8H2,1-4H3. The second-order valence-corrected chi connectivity index (χ2v) is 6.63. The Morgan fingerprint density at radius 2 is 2.00 bits per heavy atom. The topological polar surface area (TPSA) is 79.3 Å². The summed E-state index contributed by atoms with van der Waals surface area (Å²) in [6.07, 6.45) is 0.744. The number of hydrogen-bond donors (Lipinski definition) is 1. The molecule has 2 fully saturated rings. The maximum atomic E-state index is 11.8. The number of hydroxylamine groups is 2. The van der Waals surface area contributed by atoms with Gasteiger partial charge in [-0.15, -0.1) is 0 Å². The van der Waals surface area contributed by atoms with E-state index in [1.54, 1.807) is 27.8 Å². The molecule has 1 saturated carbocycles. The second kappa shape index (κ2) is 4.80. The second-order valence-electron chi connectivity index (χ2n) is 6.63. The summed E-state index contributed by atoms with van der Waals surface area (Å²) in [6, 6.07) is -0.573. The SMILES string of the molecule is CN1CC2(CCC2)C(OC(=O)OC(C)(C)C)N(O)C1=O. The van der Waals surface area contributed by atoms with Crippen LogP contribution in [0.25, 0.3) is 0 Å². The third-order valence-corrected chi connectivity index (χ3v) is 3.77. The van der Waals surface area contributed by atoms with Crippen LogP contribution in [-0.4, -0.2) is 52.8 Å². The van der Waals surface area contributed by atoms with E-state index in [0.717, 1.165) is 19.3 Å². The van der Waals surface area contributed by atoms with E-state index in [9.17, 15) is 14.8 Å². The van der Waals surface area contributed by atoms with Gasteiger partial charge in [0, 0.05) is 19.0 Å². The first-order valence-corrected chi connectivity index (χ1v) is 6.77. The van der Waals surface area contributed by atoms with Gasteiger partial charge in [-0.05, 0) is 33.6 Å². The van der Waals surface area contributed by atoms with E-state index in [1.165, 1.54) is 4.90 Å². The maximum Gasteiger partial charge on any atom is 0.510 e. The van der Waals surface area contributed by atoms with Gasteiger partial charge in [-0.3, -0.25) is 5.21 Å². The highest BCUT2D eigenvalue weighted by molar-refractivity contribution is 5.74. The molecule has 0 aromatic rings. The van der Waals surface area contributed by atoms with Gasteiger partial charge in [0.25, 0.3) is 0 Å². The van der Waals surface area contributed by atoms with Gasteiger partial charge in [0.05, 0.1) is 0 Å². The van der Waals surface area contributed by atoms with Crippen molar-refractivity contribution in [2.24, 2.45) is 5.41 Å². The van der Waals surface area contributed by atoms with Crippen molar-refractivity contribution in [2.45, 2.75) is 51.9 Å². The molecule has 1 saturated heterocycles. The van der Waals surface area contributed by atoms with Crippen molar-refractivity contribution in [1.82, 2.24) is 9.96 Å². The molecule has 2 amide bonds. The third kappa shape index (κ3) is 2.67. The zero-order chi connectivity index (χ0) is 15.1. The number of ether oxygens (including phenoxy) is 2. The fraction of sp³-hybridized carbons (Fsp3) is 0.846. The zero-order valence-corrected chi connectivity index (χ0v) is 12.4. The molecule has 1 unspecified atom stereocenters. The summed E-state index contributed by atoms with van der Waals surface area (Å²) in [5.74, 6) is 0. The zero-order valence-electron chi connectivity index (χ0n) is 12.4. The Morgan fingerprint density at radius 1 is 1.40 bits per heavy atom. The molecule has 1 N–H and O–H groups in total. The van der Waals surface area contributed by atoms with Crippen LogP contribution in [0.5, 0.6) is 0 Å². The third-order valence-electron chi connectivity index (χ3n) is 3.77. The van der Waals surface area contributed by atoms with Crippen LogP contribution in [0, 0.1) is 5.41 Å². The van der Waals surface area contributed by atoms with Crippen molar-refractivity contribution in [3.63, 3.8) is 0 Å². The van der Waals surface area contributed by atoms with Gasteiger partial charge >= 0.3 is 12.2 Å². The monoisotopic (exact) mass is 286 g/mol. The molecule has 1 heterocycles. The Labute approximate surface area is 118 Å². The fourth-order valence-corrected chi connectivity index (χ4v) is 2.73. The Morgan fingerprint density at radius 3 is 2.45 bits per heavy atom. The molecule has 7 nitrogen and oxygen atoms in total. The first kappa shape index (κ1) is 14.9. The van der Waals surface area contributed by atoms with E-state index < -0.39 is 29.4 Å². The molecule has 1 aliphatic carbocycles. The van der Waals surface area contributed by atoms with Gasteiger partial charge in [-0.25, -0.2) is 9.59 Å². The van der Waals surface area contributed by atoms with Crippen molar-refractivity contribution in [1.29, 1.82) is 0 Å². The quantitative estimate of drug-likeness (QED) is 0.590. The molecular weight excluding hydrogens is 264 g/mol. The number of carbonyl (C=O) groups is 2. The van der Waals surface area contributed by atoms with E-state index in [0.29, 0.717) is 11.6 Å². The Bertz CT molecular complexity index is 413. The first-order chi connectivity index (χ1) is 9.15. The van der Waals surface area contributed by atoms with Crippen LogP contribution in [0.1, 0.15) is 40.0 Å². The van der Waals surface area contributed by atoms with Crippen LogP contribution in [0.15, 0.2) is 0 Å². The molecule has 1 aliphatic heterocycles. The summed E-state index contributed by atoms with van der Waals surface area (Å²) in [7, 11) is 1.62. The lowest BCUT2D eigenvalue weighted by Crippen LogP contribution is -2.65. The van der Waals surface area contributed by atoms with Crippen LogP contribution < -0.4 is 0 Å². The predicted octanol–water partition coefficient (Wildman–Crippen LogP) is 2.19. The molecule has 2 aliphatic rings. The van der Waals surface area contributed by atoms with Gasteiger partial charge in [-0.2, -0.15) is 5.06 Å². The van der Waals surface area contributed by atoms with Crippen LogP contribution in [0.3, 0.4) is 0 Å². The van der Waals surface area contributed by atoms with Crippen LogP contribution in [0.2, 0.25) is 0 Å². The minimum atomic E-state index is -0.977. The molecule has 0 aromatic carbocycles. The van der Waals surface area contributed by atoms with Gasteiger partial charge in [0.1, 0.15) is 5.60 Å². The number of rotatable bonds is 1. The number of urea groups is 1. The Balaban J connectivity index is 2.11. The normalized spacial score (nSPS) is 25.4. The van der Waals surface area contributed by atoms with Gasteiger partial charge < -0.3 is 14.4 Å². The van der Waals surface area contributed by atoms with Gasteiger partial charge in [-0.1, -0.05) is 6.42 Å². The van der Waals surface area contributed by atoms with Crippen molar-refractivity contribution in [3.8, 4) is 0 Å². The molecule has 7 heteroatoms. The molecule has 0 aromatic heterocycles. The molecular formula is C13H22N2O5. The molecule has 20 heavy (non-hydrogen) atoms. The number of carbonyl (C=O) groups excluding carboxylic acids is 2. The summed E-state index contributed by atoms with van der Waals surface area (Å²) < 4.78 is 10.3. The minimum Gasteiger partial charge on any atom is -0.429 e. The van der Waals surface area contributed by atoms with Crippen molar-refractivity contribution in [2.75, 3.05) is 13.6 Å². The van der Waals surface area contributed by atoms with E-state index in [1.807, 2.05) is 0 Å². The summed E-state index contributed by atoms with van der Waals surface area (Å²) >= 11 is 0. The Hall–Kier alpha value is -1.50. The lowest BCUT2D eigenvalue weighted by molar-refractivity contribution is -0.251. The number of amides is 2. The molecule has 114 valence electrons.